The van der Waals surface area contributed by atoms with Gasteiger partial charge < -0.3 is 15.2 Å². The van der Waals surface area contributed by atoms with Crippen molar-refractivity contribution in [1.82, 2.24) is 5.43 Å². The standard InChI is InChI=1S/C25H20Cl2F3N3O4/c1-13(34)23(14(2)35)33-32-22-8-3-15(9-21(22)27)24(36)31-18-10-16(25(28,29)30)11-20(12-18)37-19-6-4-17(26)5-7-19/h3-12,32-34H,1-2H3,(H,31,36)/b23-13-. The highest BCUT2D eigenvalue weighted by atomic mass is 35.5. The van der Waals surface area contributed by atoms with E-state index in [-0.39, 0.29) is 44.9 Å². The van der Waals surface area contributed by atoms with Gasteiger partial charge in [-0.1, -0.05) is 23.2 Å². The Hall–Kier alpha value is -3.89. The molecule has 4 N–H and O–H groups in total. The van der Waals surface area contributed by atoms with E-state index in [9.17, 15) is 27.9 Å². The number of benzene rings is 3. The fourth-order valence-corrected chi connectivity index (χ4v) is 3.41. The Balaban J connectivity index is 1.81. The fraction of sp³-hybridized carbons (Fsp3) is 0.120. The van der Waals surface area contributed by atoms with Gasteiger partial charge in [0.25, 0.3) is 5.91 Å². The van der Waals surface area contributed by atoms with Crippen molar-refractivity contribution < 1.29 is 32.6 Å². The normalized spacial score (nSPS) is 11.9. The lowest BCUT2D eigenvalue weighted by atomic mass is 10.1. The summed E-state index contributed by atoms with van der Waals surface area (Å²) in [6.07, 6.45) is -4.69. The number of aliphatic hydroxyl groups is 1. The summed E-state index contributed by atoms with van der Waals surface area (Å²) in [6.45, 7) is 2.57. The zero-order valence-corrected chi connectivity index (χ0v) is 20.8. The molecule has 3 aromatic rings. The van der Waals surface area contributed by atoms with E-state index in [1.54, 1.807) is 0 Å². The second-order valence-electron chi connectivity index (χ2n) is 7.72. The number of carbonyl (C=O) groups is 2. The highest BCUT2D eigenvalue weighted by Crippen LogP contribution is 2.36. The molecule has 0 heterocycles. The van der Waals surface area contributed by atoms with Crippen LogP contribution in [0, 0.1) is 0 Å². The number of Topliss-reactive ketones (excluding diaryl/α,β-unsaturated/α-hetero) is 1. The monoisotopic (exact) mass is 553 g/mol. The predicted molar refractivity (Wildman–Crippen MR) is 135 cm³/mol. The second kappa shape index (κ2) is 11.4. The first kappa shape index (κ1) is 27.7. The van der Waals surface area contributed by atoms with Crippen LogP contribution in [0.5, 0.6) is 11.5 Å². The van der Waals surface area contributed by atoms with Crippen LogP contribution in [0.1, 0.15) is 29.8 Å². The van der Waals surface area contributed by atoms with E-state index in [4.69, 9.17) is 27.9 Å². The Labute approximate surface area is 219 Å². The van der Waals surface area contributed by atoms with Crippen LogP contribution in [0.15, 0.2) is 72.1 Å². The fourth-order valence-electron chi connectivity index (χ4n) is 3.06. The first-order valence-electron chi connectivity index (χ1n) is 10.5. The average molecular weight is 554 g/mol. The first-order chi connectivity index (χ1) is 17.3. The topological polar surface area (TPSA) is 99.7 Å². The molecule has 12 heteroatoms. The van der Waals surface area contributed by atoms with Gasteiger partial charge in [0, 0.05) is 29.3 Å². The Kier molecular flexibility index (Phi) is 8.57. The van der Waals surface area contributed by atoms with Crippen LogP contribution < -0.4 is 20.9 Å². The van der Waals surface area contributed by atoms with Crippen molar-refractivity contribution in [3.8, 4) is 11.5 Å². The van der Waals surface area contributed by atoms with E-state index in [1.807, 2.05) is 0 Å². The van der Waals surface area contributed by atoms with Gasteiger partial charge >= 0.3 is 6.18 Å². The number of carbonyl (C=O) groups excluding carboxylic acids is 2. The third kappa shape index (κ3) is 7.55. The number of allylic oxidation sites excluding steroid dienone is 2. The number of ether oxygens (including phenoxy) is 1. The largest absolute Gasteiger partial charge is 0.510 e. The smallest absolute Gasteiger partial charge is 0.416 e. The van der Waals surface area contributed by atoms with Crippen molar-refractivity contribution in [2.75, 3.05) is 10.7 Å². The summed E-state index contributed by atoms with van der Waals surface area (Å²) in [5.74, 6) is -1.30. The molecule has 0 atom stereocenters. The lowest BCUT2D eigenvalue weighted by Gasteiger charge is -2.15. The maximum absolute atomic E-state index is 13.5. The molecule has 0 radical (unpaired) electrons. The first-order valence-corrected chi connectivity index (χ1v) is 11.3. The summed E-state index contributed by atoms with van der Waals surface area (Å²) < 4.78 is 45.9. The summed E-state index contributed by atoms with van der Waals surface area (Å²) in [6, 6.07) is 12.9. The molecule has 0 fully saturated rings. The SMILES string of the molecule is CC(=O)/C(NNc1ccc(C(=O)Nc2cc(Oc3ccc(Cl)cc3)cc(C(F)(F)F)c2)cc1Cl)=C(\C)O. The Bertz CT molecular complexity index is 1360. The summed E-state index contributed by atoms with van der Waals surface area (Å²) in [7, 11) is 0. The van der Waals surface area contributed by atoms with Crippen molar-refractivity contribution >= 4 is 46.3 Å². The minimum Gasteiger partial charge on any atom is -0.510 e. The molecule has 0 saturated carbocycles. The van der Waals surface area contributed by atoms with E-state index in [0.29, 0.717) is 5.02 Å². The number of alkyl halides is 3. The minimum absolute atomic E-state index is 0.0498. The van der Waals surface area contributed by atoms with E-state index >= 15 is 0 Å². The number of hydrogen-bond acceptors (Lipinski definition) is 6. The van der Waals surface area contributed by atoms with Gasteiger partial charge in [-0.05, 0) is 61.5 Å². The molecule has 0 bridgehead atoms. The molecular weight excluding hydrogens is 534 g/mol. The number of hydrogen-bond donors (Lipinski definition) is 4. The summed E-state index contributed by atoms with van der Waals surface area (Å²) >= 11 is 12.0. The van der Waals surface area contributed by atoms with Gasteiger partial charge in [0.05, 0.1) is 16.3 Å². The quantitative estimate of drug-likeness (QED) is 0.132. The van der Waals surface area contributed by atoms with Crippen molar-refractivity contribution in [2.45, 2.75) is 20.0 Å². The number of hydrazine groups is 1. The van der Waals surface area contributed by atoms with Gasteiger partial charge in [0.1, 0.15) is 23.0 Å². The molecule has 7 nitrogen and oxygen atoms in total. The molecule has 3 aromatic carbocycles. The van der Waals surface area contributed by atoms with Gasteiger partial charge in [0.2, 0.25) is 0 Å². The van der Waals surface area contributed by atoms with Crippen molar-refractivity contribution in [3.05, 3.63) is 93.3 Å². The molecule has 0 aliphatic heterocycles. The molecule has 3 rings (SSSR count). The number of amides is 1. The van der Waals surface area contributed by atoms with Crippen LogP contribution in [0.4, 0.5) is 24.5 Å². The van der Waals surface area contributed by atoms with E-state index in [1.165, 1.54) is 62.4 Å². The number of nitrogens with one attached hydrogen (secondary N) is 3. The van der Waals surface area contributed by atoms with E-state index in [2.05, 4.69) is 16.2 Å². The number of ketones is 1. The molecule has 0 unspecified atom stereocenters. The molecule has 0 aliphatic carbocycles. The maximum atomic E-state index is 13.5. The predicted octanol–water partition coefficient (Wildman–Crippen LogP) is 7.35. The molecule has 0 saturated heterocycles. The van der Waals surface area contributed by atoms with Gasteiger partial charge in [-0.15, -0.1) is 0 Å². The summed E-state index contributed by atoms with van der Waals surface area (Å²) in [5, 5.41) is 12.5. The summed E-state index contributed by atoms with van der Waals surface area (Å²) in [5.41, 5.74) is 4.24. The van der Waals surface area contributed by atoms with E-state index < -0.39 is 23.4 Å². The maximum Gasteiger partial charge on any atom is 0.416 e. The Morgan fingerprint density at radius 1 is 0.919 bits per heavy atom. The minimum atomic E-state index is -4.69. The van der Waals surface area contributed by atoms with Crippen LogP contribution in [-0.4, -0.2) is 16.8 Å². The van der Waals surface area contributed by atoms with Crippen molar-refractivity contribution in [2.24, 2.45) is 0 Å². The lowest BCUT2D eigenvalue weighted by molar-refractivity contribution is -0.137. The van der Waals surface area contributed by atoms with Crippen molar-refractivity contribution in [1.29, 1.82) is 0 Å². The van der Waals surface area contributed by atoms with E-state index in [0.717, 1.165) is 12.1 Å². The molecule has 194 valence electrons. The number of halogens is 5. The van der Waals surface area contributed by atoms with Gasteiger partial charge in [-0.25, -0.2) is 0 Å². The van der Waals surface area contributed by atoms with Gasteiger partial charge in [0.15, 0.2) is 5.78 Å². The summed E-state index contributed by atoms with van der Waals surface area (Å²) in [4.78, 5) is 24.3. The van der Waals surface area contributed by atoms with Gasteiger partial charge in [-0.2, -0.15) is 13.2 Å². The molecule has 1 amide bonds. The van der Waals surface area contributed by atoms with Crippen LogP contribution in [-0.2, 0) is 11.0 Å². The third-order valence-corrected chi connectivity index (χ3v) is 5.37. The van der Waals surface area contributed by atoms with Gasteiger partial charge in [-0.3, -0.25) is 20.4 Å². The zero-order chi connectivity index (χ0) is 27.3. The number of aliphatic hydroxyl groups excluding tert-OH is 1. The Morgan fingerprint density at radius 2 is 1.59 bits per heavy atom. The number of anilines is 2. The van der Waals surface area contributed by atoms with Crippen LogP contribution in [0.3, 0.4) is 0 Å². The van der Waals surface area contributed by atoms with Crippen molar-refractivity contribution in [3.63, 3.8) is 0 Å². The van der Waals surface area contributed by atoms with Crippen LogP contribution in [0.25, 0.3) is 0 Å². The third-order valence-electron chi connectivity index (χ3n) is 4.81. The van der Waals surface area contributed by atoms with Crippen LogP contribution in [0.2, 0.25) is 10.0 Å². The molecule has 0 spiro atoms. The highest BCUT2D eigenvalue weighted by Gasteiger charge is 2.32. The second-order valence-corrected chi connectivity index (χ2v) is 8.56. The average Bonchev–Trinajstić information content (AvgIpc) is 2.80. The molecular formula is C25H20Cl2F3N3O4. The lowest BCUT2D eigenvalue weighted by Crippen LogP contribution is -2.26. The molecule has 0 aliphatic rings. The number of rotatable bonds is 8. The Morgan fingerprint density at radius 3 is 2.16 bits per heavy atom. The van der Waals surface area contributed by atoms with Crippen LogP contribution >= 0.6 is 23.2 Å². The highest BCUT2D eigenvalue weighted by molar-refractivity contribution is 6.33. The molecule has 37 heavy (non-hydrogen) atoms. The molecule has 0 aromatic heterocycles. The zero-order valence-electron chi connectivity index (χ0n) is 19.3.